The molecule has 0 amide bonds. The van der Waals surface area contributed by atoms with Gasteiger partial charge in [0.15, 0.2) is 5.78 Å². The van der Waals surface area contributed by atoms with Crippen LogP contribution in [-0.2, 0) is 20.7 Å². The second-order valence-corrected chi connectivity index (χ2v) is 5.51. The van der Waals surface area contributed by atoms with E-state index in [1.807, 2.05) is 6.92 Å². The molecule has 1 saturated heterocycles. The van der Waals surface area contributed by atoms with Gasteiger partial charge in [0.25, 0.3) is 0 Å². The van der Waals surface area contributed by atoms with Gasteiger partial charge in [0.05, 0.1) is 12.7 Å². The van der Waals surface area contributed by atoms with E-state index in [9.17, 15) is 4.79 Å². The monoisotopic (exact) mass is 260 g/mol. The predicted octanol–water partition coefficient (Wildman–Crippen LogP) is 2.75. The zero-order valence-electron chi connectivity index (χ0n) is 11.5. The van der Waals surface area contributed by atoms with Gasteiger partial charge in [-0.15, -0.1) is 0 Å². The van der Waals surface area contributed by atoms with Crippen LogP contribution in [0.25, 0.3) is 0 Å². The van der Waals surface area contributed by atoms with Gasteiger partial charge < -0.3 is 9.47 Å². The van der Waals surface area contributed by atoms with E-state index < -0.39 is 6.29 Å². The van der Waals surface area contributed by atoms with E-state index in [1.54, 1.807) is 0 Å². The lowest BCUT2D eigenvalue weighted by Crippen LogP contribution is -2.44. The van der Waals surface area contributed by atoms with Crippen molar-refractivity contribution in [3.63, 3.8) is 0 Å². The van der Waals surface area contributed by atoms with E-state index in [2.05, 4.69) is 25.1 Å². The van der Waals surface area contributed by atoms with E-state index in [4.69, 9.17) is 9.47 Å². The van der Waals surface area contributed by atoms with Crippen LogP contribution in [0.1, 0.15) is 42.4 Å². The largest absolute Gasteiger partial charge is 0.345 e. The van der Waals surface area contributed by atoms with Gasteiger partial charge >= 0.3 is 0 Å². The number of benzene rings is 1. The zero-order valence-corrected chi connectivity index (χ0v) is 11.5. The fraction of sp³-hybridized carbons (Fsp3) is 0.562. The SMILES string of the molecule is CCC(=O)C1OCC2c3cc(C)ccc3CCC2O1. The molecular weight excluding hydrogens is 240 g/mol. The van der Waals surface area contributed by atoms with Gasteiger partial charge in [0.1, 0.15) is 0 Å². The van der Waals surface area contributed by atoms with Gasteiger partial charge in [-0.25, -0.2) is 0 Å². The molecule has 0 N–H and O–H groups in total. The fourth-order valence-electron chi connectivity index (χ4n) is 3.07. The Labute approximate surface area is 113 Å². The molecular formula is C16H20O3. The molecule has 0 radical (unpaired) electrons. The third-order valence-electron chi connectivity index (χ3n) is 4.18. The molecule has 3 rings (SSSR count). The molecule has 0 aromatic heterocycles. The number of hydrogen-bond acceptors (Lipinski definition) is 3. The lowest BCUT2D eigenvalue weighted by molar-refractivity contribution is -0.220. The minimum absolute atomic E-state index is 0.0495. The Morgan fingerprint density at radius 2 is 2.26 bits per heavy atom. The number of ether oxygens (including phenoxy) is 2. The Bertz CT molecular complexity index is 495. The average Bonchev–Trinajstić information content (AvgIpc) is 2.45. The third-order valence-corrected chi connectivity index (χ3v) is 4.18. The van der Waals surface area contributed by atoms with E-state index in [0.717, 1.165) is 12.8 Å². The number of carbonyl (C=O) groups is 1. The van der Waals surface area contributed by atoms with Crippen molar-refractivity contribution in [2.24, 2.45) is 0 Å². The Morgan fingerprint density at radius 3 is 3.05 bits per heavy atom. The molecule has 3 heteroatoms. The van der Waals surface area contributed by atoms with Gasteiger partial charge in [-0.05, 0) is 30.9 Å². The number of Topliss-reactive ketones (excluding diaryl/α,β-unsaturated/α-hetero) is 1. The molecule has 2 aliphatic rings. The number of carbonyl (C=O) groups excluding carboxylic acids is 1. The zero-order chi connectivity index (χ0) is 13.4. The first-order valence-electron chi connectivity index (χ1n) is 7.08. The van der Waals surface area contributed by atoms with Crippen LogP contribution in [0.3, 0.4) is 0 Å². The molecule has 3 unspecified atom stereocenters. The number of fused-ring (bicyclic) bond motifs is 3. The maximum Gasteiger partial charge on any atom is 0.218 e. The summed E-state index contributed by atoms with van der Waals surface area (Å²) in [5.74, 6) is 0.332. The highest BCUT2D eigenvalue weighted by molar-refractivity contribution is 5.81. The highest BCUT2D eigenvalue weighted by Gasteiger charge is 2.38. The molecule has 1 aliphatic carbocycles. The maximum atomic E-state index is 11.7. The van der Waals surface area contributed by atoms with Crippen LogP contribution in [0.2, 0.25) is 0 Å². The Hall–Kier alpha value is -1.19. The number of aryl methyl sites for hydroxylation is 2. The predicted molar refractivity (Wildman–Crippen MR) is 72.2 cm³/mol. The molecule has 1 aromatic rings. The van der Waals surface area contributed by atoms with Crippen molar-refractivity contribution in [2.45, 2.75) is 51.4 Å². The summed E-state index contributed by atoms with van der Waals surface area (Å²) in [5.41, 5.74) is 4.02. The van der Waals surface area contributed by atoms with Gasteiger partial charge in [-0.1, -0.05) is 30.7 Å². The fourth-order valence-corrected chi connectivity index (χ4v) is 3.07. The maximum absolute atomic E-state index is 11.7. The summed E-state index contributed by atoms with van der Waals surface area (Å²) in [6.45, 7) is 4.55. The molecule has 1 heterocycles. The van der Waals surface area contributed by atoms with Crippen LogP contribution in [0.5, 0.6) is 0 Å². The van der Waals surface area contributed by atoms with Crippen LogP contribution >= 0.6 is 0 Å². The molecule has 1 fully saturated rings. The summed E-state index contributed by atoms with van der Waals surface area (Å²) < 4.78 is 11.5. The molecule has 0 bridgehead atoms. The van der Waals surface area contributed by atoms with Crippen molar-refractivity contribution < 1.29 is 14.3 Å². The first kappa shape index (κ1) is 12.8. The van der Waals surface area contributed by atoms with Gasteiger partial charge in [-0.2, -0.15) is 0 Å². The van der Waals surface area contributed by atoms with Crippen LogP contribution in [0, 0.1) is 6.92 Å². The summed E-state index contributed by atoms with van der Waals surface area (Å²) >= 11 is 0. The van der Waals surface area contributed by atoms with E-state index >= 15 is 0 Å². The number of hydrogen-bond donors (Lipinski definition) is 0. The molecule has 0 saturated carbocycles. The van der Waals surface area contributed by atoms with E-state index in [-0.39, 0.29) is 17.8 Å². The highest BCUT2D eigenvalue weighted by Crippen LogP contribution is 2.38. The molecule has 1 aliphatic heterocycles. The van der Waals surface area contributed by atoms with Gasteiger partial charge in [0.2, 0.25) is 6.29 Å². The van der Waals surface area contributed by atoms with Gasteiger partial charge in [-0.3, -0.25) is 4.79 Å². The topological polar surface area (TPSA) is 35.5 Å². The molecule has 0 spiro atoms. The minimum atomic E-state index is -0.641. The van der Waals surface area contributed by atoms with E-state index in [1.165, 1.54) is 16.7 Å². The summed E-state index contributed by atoms with van der Waals surface area (Å²) in [7, 11) is 0. The molecule has 3 nitrogen and oxygen atoms in total. The molecule has 19 heavy (non-hydrogen) atoms. The Morgan fingerprint density at radius 1 is 1.42 bits per heavy atom. The quantitative estimate of drug-likeness (QED) is 0.820. The van der Waals surface area contributed by atoms with Crippen molar-refractivity contribution >= 4 is 5.78 Å². The standard InChI is InChI=1S/C16H20O3/c1-3-14(17)16-18-9-13-12-8-10(2)4-5-11(12)6-7-15(13)19-16/h4-5,8,13,15-16H,3,6-7,9H2,1-2H3. The summed E-state index contributed by atoms with van der Waals surface area (Å²) in [4.78, 5) is 11.7. The van der Waals surface area contributed by atoms with Crippen LogP contribution in [0.4, 0.5) is 0 Å². The van der Waals surface area contributed by atoms with Crippen molar-refractivity contribution in [1.82, 2.24) is 0 Å². The van der Waals surface area contributed by atoms with Crippen molar-refractivity contribution in [2.75, 3.05) is 6.61 Å². The lowest BCUT2D eigenvalue weighted by Gasteiger charge is -2.40. The smallest absolute Gasteiger partial charge is 0.218 e. The Kier molecular flexibility index (Phi) is 3.42. The minimum Gasteiger partial charge on any atom is -0.345 e. The Balaban J connectivity index is 1.83. The van der Waals surface area contributed by atoms with Gasteiger partial charge in [0, 0.05) is 12.3 Å². The first-order chi connectivity index (χ1) is 9.19. The highest BCUT2D eigenvalue weighted by atomic mass is 16.7. The molecule has 1 aromatic carbocycles. The average molecular weight is 260 g/mol. The third kappa shape index (κ3) is 2.33. The second-order valence-electron chi connectivity index (χ2n) is 5.51. The van der Waals surface area contributed by atoms with E-state index in [0.29, 0.717) is 13.0 Å². The van der Waals surface area contributed by atoms with Crippen LogP contribution < -0.4 is 0 Å². The van der Waals surface area contributed by atoms with Crippen molar-refractivity contribution in [1.29, 1.82) is 0 Å². The molecule has 102 valence electrons. The summed E-state index contributed by atoms with van der Waals surface area (Å²) in [5, 5.41) is 0. The van der Waals surface area contributed by atoms with Crippen LogP contribution in [-0.4, -0.2) is 24.8 Å². The van der Waals surface area contributed by atoms with Crippen LogP contribution in [0.15, 0.2) is 18.2 Å². The second kappa shape index (κ2) is 5.06. The number of rotatable bonds is 2. The lowest BCUT2D eigenvalue weighted by atomic mass is 9.80. The van der Waals surface area contributed by atoms with Crippen molar-refractivity contribution in [3.05, 3.63) is 34.9 Å². The summed E-state index contributed by atoms with van der Waals surface area (Å²) in [6, 6.07) is 6.61. The normalized spacial score (nSPS) is 29.5. The summed E-state index contributed by atoms with van der Waals surface area (Å²) in [6.07, 6.45) is 1.97. The van der Waals surface area contributed by atoms with Crippen molar-refractivity contribution in [3.8, 4) is 0 Å². The number of ketones is 1. The first-order valence-corrected chi connectivity index (χ1v) is 7.08. The molecule has 3 atom stereocenters.